The third-order valence-corrected chi connectivity index (χ3v) is 4.82. The van der Waals surface area contributed by atoms with E-state index in [0.29, 0.717) is 24.8 Å². The number of likely N-dealkylation sites (tertiary alicyclic amines) is 1. The molecule has 7 heteroatoms. The second-order valence-electron chi connectivity index (χ2n) is 7.37. The van der Waals surface area contributed by atoms with Gasteiger partial charge in [-0.15, -0.1) is 0 Å². The quantitative estimate of drug-likeness (QED) is 0.845. The molecule has 1 aromatic carbocycles. The maximum absolute atomic E-state index is 13.3. The summed E-state index contributed by atoms with van der Waals surface area (Å²) in [5, 5.41) is 7.54. The number of aromatic nitrogens is 2. The molecule has 1 aromatic heterocycles. The maximum atomic E-state index is 13.3. The molecular formula is C20H27FN4O2. The van der Waals surface area contributed by atoms with Gasteiger partial charge in [-0.25, -0.2) is 4.39 Å². The molecule has 6 nitrogen and oxygen atoms in total. The van der Waals surface area contributed by atoms with E-state index in [0.717, 1.165) is 30.8 Å². The van der Waals surface area contributed by atoms with Crippen LogP contribution in [-0.4, -0.2) is 59.2 Å². The van der Waals surface area contributed by atoms with Crippen molar-refractivity contribution in [2.45, 2.75) is 38.3 Å². The Morgan fingerprint density at radius 1 is 1.37 bits per heavy atom. The maximum Gasteiger partial charge on any atom is 0.263 e. The normalized spacial score (nSPS) is 16.6. The van der Waals surface area contributed by atoms with Gasteiger partial charge in [0.15, 0.2) is 6.10 Å². The third kappa shape index (κ3) is 5.07. The molecule has 3 rings (SSSR count). The molecule has 1 amide bonds. The monoisotopic (exact) mass is 374 g/mol. The number of benzene rings is 1. The number of nitrogens with zero attached hydrogens (tertiary/aromatic N) is 3. The Kier molecular flexibility index (Phi) is 6.11. The van der Waals surface area contributed by atoms with E-state index in [1.54, 1.807) is 19.1 Å². The summed E-state index contributed by atoms with van der Waals surface area (Å²) in [6.45, 7) is 3.90. The van der Waals surface area contributed by atoms with Crippen LogP contribution in [0.15, 0.2) is 30.3 Å². The fourth-order valence-electron chi connectivity index (χ4n) is 3.46. The molecule has 1 aliphatic rings. The number of hydrogen-bond acceptors (Lipinski definition) is 4. The van der Waals surface area contributed by atoms with Gasteiger partial charge in [-0.2, -0.15) is 5.10 Å². The van der Waals surface area contributed by atoms with Gasteiger partial charge in [0.05, 0.1) is 5.69 Å². The van der Waals surface area contributed by atoms with Gasteiger partial charge in [0.25, 0.3) is 5.91 Å². The average molecular weight is 374 g/mol. The Labute approximate surface area is 159 Å². The zero-order valence-electron chi connectivity index (χ0n) is 16.1. The van der Waals surface area contributed by atoms with Crippen molar-refractivity contribution in [1.29, 1.82) is 0 Å². The number of hydrogen-bond donors (Lipinski definition) is 1. The van der Waals surface area contributed by atoms with Gasteiger partial charge >= 0.3 is 0 Å². The van der Waals surface area contributed by atoms with Crippen LogP contribution < -0.4 is 4.74 Å². The predicted molar refractivity (Wildman–Crippen MR) is 101 cm³/mol. The summed E-state index contributed by atoms with van der Waals surface area (Å²) in [5.74, 6) is 0.296. The number of rotatable bonds is 6. The van der Waals surface area contributed by atoms with Crippen molar-refractivity contribution in [2.24, 2.45) is 0 Å². The first-order chi connectivity index (χ1) is 12.9. The number of nitrogens with one attached hydrogen (secondary N) is 1. The average Bonchev–Trinajstić information content (AvgIpc) is 3.09. The van der Waals surface area contributed by atoms with Gasteiger partial charge in [0.2, 0.25) is 0 Å². The second-order valence-corrected chi connectivity index (χ2v) is 7.37. The van der Waals surface area contributed by atoms with E-state index < -0.39 is 6.10 Å². The standard InChI is InChI=1S/C20H27FN4O2/c1-14(27-18-6-4-5-16(21)11-18)20(26)25-9-7-15(8-10-25)19-12-17(22-23-19)13-24(2)3/h4-6,11-12,14-15H,7-10,13H2,1-3H3,(H,22,23)/t14-/m1/s1. The molecule has 0 saturated carbocycles. The Balaban J connectivity index is 1.52. The lowest BCUT2D eigenvalue weighted by molar-refractivity contribution is -0.139. The molecular weight excluding hydrogens is 347 g/mol. The topological polar surface area (TPSA) is 61.5 Å². The highest BCUT2D eigenvalue weighted by Gasteiger charge is 2.28. The number of aromatic amines is 1. The molecule has 0 radical (unpaired) electrons. The van der Waals surface area contributed by atoms with Crippen LogP contribution in [0.3, 0.4) is 0 Å². The smallest absolute Gasteiger partial charge is 0.263 e. The lowest BCUT2D eigenvalue weighted by Gasteiger charge is -2.33. The van der Waals surface area contributed by atoms with Crippen molar-refractivity contribution in [2.75, 3.05) is 27.2 Å². The molecule has 0 aliphatic carbocycles. The van der Waals surface area contributed by atoms with Crippen molar-refractivity contribution in [3.8, 4) is 5.75 Å². The van der Waals surface area contributed by atoms with Crippen LogP contribution in [0.1, 0.15) is 37.1 Å². The van der Waals surface area contributed by atoms with Crippen molar-refractivity contribution in [3.05, 3.63) is 47.5 Å². The van der Waals surface area contributed by atoms with Crippen molar-refractivity contribution >= 4 is 5.91 Å². The van der Waals surface area contributed by atoms with Crippen LogP contribution in [0, 0.1) is 5.82 Å². The van der Waals surface area contributed by atoms with E-state index >= 15 is 0 Å². The minimum Gasteiger partial charge on any atom is -0.481 e. The highest BCUT2D eigenvalue weighted by Crippen LogP contribution is 2.28. The largest absolute Gasteiger partial charge is 0.481 e. The number of H-pyrrole nitrogens is 1. The molecule has 2 heterocycles. The first-order valence-corrected chi connectivity index (χ1v) is 9.32. The molecule has 1 atom stereocenters. The van der Waals surface area contributed by atoms with E-state index in [-0.39, 0.29) is 11.7 Å². The van der Waals surface area contributed by atoms with Crippen LogP contribution in [-0.2, 0) is 11.3 Å². The number of piperidine rings is 1. The molecule has 1 aliphatic heterocycles. The van der Waals surface area contributed by atoms with E-state index in [1.807, 2.05) is 19.0 Å². The fourth-order valence-corrected chi connectivity index (χ4v) is 3.46. The summed E-state index contributed by atoms with van der Waals surface area (Å²) in [6, 6.07) is 7.99. The lowest BCUT2D eigenvalue weighted by Crippen LogP contribution is -2.44. The Hall–Kier alpha value is -2.41. The number of halogens is 1. The molecule has 1 N–H and O–H groups in total. The number of ether oxygens (including phenoxy) is 1. The van der Waals surface area contributed by atoms with Gasteiger partial charge in [-0.1, -0.05) is 6.07 Å². The van der Waals surface area contributed by atoms with Crippen LogP contribution in [0.2, 0.25) is 0 Å². The Bertz CT molecular complexity index is 769. The van der Waals surface area contributed by atoms with Crippen LogP contribution in [0.25, 0.3) is 0 Å². The minimum atomic E-state index is -0.638. The summed E-state index contributed by atoms with van der Waals surface area (Å²) in [5.41, 5.74) is 2.17. The zero-order chi connectivity index (χ0) is 19.4. The van der Waals surface area contributed by atoms with Gasteiger partial charge in [0.1, 0.15) is 11.6 Å². The molecule has 146 valence electrons. The Morgan fingerprint density at radius 3 is 2.78 bits per heavy atom. The van der Waals surface area contributed by atoms with Gasteiger partial charge in [-0.05, 0) is 52.1 Å². The van der Waals surface area contributed by atoms with E-state index in [2.05, 4.69) is 21.2 Å². The molecule has 2 aromatic rings. The van der Waals surface area contributed by atoms with Crippen LogP contribution in [0.5, 0.6) is 5.75 Å². The molecule has 0 spiro atoms. The minimum absolute atomic E-state index is 0.0620. The number of carbonyl (C=O) groups excluding carboxylic acids is 1. The van der Waals surface area contributed by atoms with E-state index in [1.165, 1.54) is 12.1 Å². The van der Waals surface area contributed by atoms with Gasteiger partial charge in [-0.3, -0.25) is 9.89 Å². The molecule has 1 saturated heterocycles. The number of amides is 1. The predicted octanol–water partition coefficient (Wildman–Crippen LogP) is 2.78. The van der Waals surface area contributed by atoms with Gasteiger partial charge < -0.3 is 14.5 Å². The fraction of sp³-hybridized carbons (Fsp3) is 0.500. The van der Waals surface area contributed by atoms with E-state index in [9.17, 15) is 9.18 Å². The highest BCUT2D eigenvalue weighted by atomic mass is 19.1. The third-order valence-electron chi connectivity index (χ3n) is 4.82. The summed E-state index contributed by atoms with van der Waals surface area (Å²) < 4.78 is 18.9. The van der Waals surface area contributed by atoms with Gasteiger partial charge in [0, 0.05) is 37.3 Å². The summed E-state index contributed by atoms with van der Waals surface area (Å²) in [7, 11) is 4.05. The van der Waals surface area contributed by atoms with Crippen molar-refractivity contribution in [3.63, 3.8) is 0 Å². The van der Waals surface area contributed by atoms with Crippen LogP contribution >= 0.6 is 0 Å². The van der Waals surface area contributed by atoms with Crippen molar-refractivity contribution in [1.82, 2.24) is 20.0 Å². The SMILES string of the molecule is C[C@@H](Oc1cccc(F)c1)C(=O)N1CCC(c2cc(CN(C)C)[nH]n2)CC1. The Morgan fingerprint density at radius 2 is 2.11 bits per heavy atom. The molecule has 1 fully saturated rings. The van der Waals surface area contributed by atoms with E-state index in [4.69, 9.17) is 4.74 Å². The second kappa shape index (κ2) is 8.52. The number of carbonyl (C=O) groups is 1. The van der Waals surface area contributed by atoms with Crippen molar-refractivity contribution < 1.29 is 13.9 Å². The molecule has 0 bridgehead atoms. The summed E-state index contributed by atoms with van der Waals surface area (Å²) in [6.07, 6.45) is 1.12. The molecule has 27 heavy (non-hydrogen) atoms. The molecule has 0 unspecified atom stereocenters. The first-order valence-electron chi connectivity index (χ1n) is 9.32. The summed E-state index contributed by atoms with van der Waals surface area (Å²) >= 11 is 0. The van der Waals surface area contributed by atoms with Crippen LogP contribution in [0.4, 0.5) is 4.39 Å². The first kappa shape index (κ1) is 19.4. The highest BCUT2D eigenvalue weighted by molar-refractivity contribution is 5.81. The lowest BCUT2D eigenvalue weighted by atomic mass is 9.93. The summed E-state index contributed by atoms with van der Waals surface area (Å²) in [4.78, 5) is 16.6. The zero-order valence-corrected chi connectivity index (χ0v) is 16.1.